The Morgan fingerprint density at radius 3 is 1.91 bits per heavy atom. The smallest absolute Gasteiger partial charge is 0.344 e. The van der Waals surface area contributed by atoms with Crippen LogP contribution in [0.25, 0.3) is 0 Å². The molecular weight excluding hydrogens is 748 g/mol. The number of aryl methyl sites for hydroxylation is 1. The summed E-state index contributed by atoms with van der Waals surface area (Å²) in [5, 5.41) is 19.6. The van der Waals surface area contributed by atoms with E-state index < -0.39 is 35.6 Å². The lowest BCUT2D eigenvalue weighted by Crippen LogP contribution is -2.32. The van der Waals surface area contributed by atoms with Gasteiger partial charge in [-0.2, -0.15) is 0 Å². The molecule has 0 aromatic heterocycles. The van der Waals surface area contributed by atoms with Crippen LogP contribution in [0.1, 0.15) is 101 Å². The van der Waals surface area contributed by atoms with E-state index in [1.54, 1.807) is 61.5 Å². The number of ketones is 1. The van der Waals surface area contributed by atoms with E-state index in [1.807, 2.05) is 13.8 Å². The van der Waals surface area contributed by atoms with E-state index in [0.717, 1.165) is 6.08 Å². The second kappa shape index (κ2) is 16.2. The topological polar surface area (TPSA) is 163 Å². The third-order valence-corrected chi connectivity index (χ3v) is 10.3. The average Bonchev–Trinajstić information content (AvgIpc) is 3.07. The van der Waals surface area contributed by atoms with E-state index in [0.29, 0.717) is 74.2 Å². The quantitative estimate of drug-likeness (QED) is 0.109. The third kappa shape index (κ3) is 7.92. The zero-order valence-corrected chi connectivity index (χ0v) is 33.0. The van der Waals surface area contributed by atoms with E-state index in [1.165, 1.54) is 12.1 Å². The van der Waals surface area contributed by atoms with Gasteiger partial charge in [0.15, 0.2) is 11.7 Å². The summed E-state index contributed by atoms with van der Waals surface area (Å²) < 4.78 is 23.4. The zero-order valence-electron chi connectivity index (χ0n) is 31.5. The summed E-state index contributed by atoms with van der Waals surface area (Å²) in [7, 11) is 0. The van der Waals surface area contributed by atoms with Crippen LogP contribution in [0.2, 0.25) is 0 Å². The van der Waals surface area contributed by atoms with Crippen molar-refractivity contribution in [1.82, 2.24) is 0 Å². The van der Waals surface area contributed by atoms with Crippen molar-refractivity contribution < 1.29 is 53.1 Å². The lowest BCUT2D eigenvalue weighted by molar-refractivity contribution is -0.142. The molecule has 53 heavy (non-hydrogen) atoms. The molecule has 0 amide bonds. The maximum absolute atomic E-state index is 13.7. The van der Waals surface area contributed by atoms with Gasteiger partial charge in [-0.3, -0.25) is 9.59 Å². The number of ether oxygens (including phenoxy) is 4. The molecule has 11 nitrogen and oxygen atoms in total. The molecule has 1 atom stereocenters. The number of aromatic carboxylic acids is 1. The molecule has 4 rings (SSSR count). The normalized spacial score (nSPS) is 13.9. The first-order chi connectivity index (χ1) is 24.9. The largest absolute Gasteiger partial charge is 0.508 e. The Labute approximate surface area is 316 Å². The summed E-state index contributed by atoms with van der Waals surface area (Å²) in [4.78, 5) is 65.3. The van der Waals surface area contributed by atoms with E-state index in [4.69, 9.17) is 18.9 Å². The molecule has 1 unspecified atom stereocenters. The number of hydrogen-bond donors (Lipinski definition) is 2. The van der Waals surface area contributed by atoms with E-state index in [2.05, 4.69) is 15.9 Å². The van der Waals surface area contributed by atoms with Crippen molar-refractivity contribution in [1.29, 1.82) is 0 Å². The molecule has 0 saturated heterocycles. The van der Waals surface area contributed by atoms with Crippen LogP contribution in [0.3, 0.4) is 0 Å². The molecule has 1 aliphatic carbocycles. The van der Waals surface area contributed by atoms with Gasteiger partial charge in [0.05, 0.1) is 27.8 Å². The van der Waals surface area contributed by atoms with Gasteiger partial charge in [-0.1, -0.05) is 13.8 Å². The summed E-state index contributed by atoms with van der Waals surface area (Å²) >= 11 is 3.41. The molecule has 0 aliphatic heterocycles. The Bertz CT molecular complexity index is 2110. The zero-order chi connectivity index (χ0) is 39.6. The van der Waals surface area contributed by atoms with Crippen molar-refractivity contribution in [2.45, 2.75) is 82.1 Å². The fourth-order valence-corrected chi connectivity index (χ4v) is 7.06. The number of aliphatic hydroxyl groups excluding tert-OH is 1. The highest BCUT2D eigenvalue weighted by Crippen LogP contribution is 2.38. The number of aliphatic hydroxyl groups is 1. The van der Waals surface area contributed by atoms with Crippen LogP contribution in [0, 0.1) is 61.3 Å². The monoisotopic (exact) mass is 790 g/mol. The van der Waals surface area contributed by atoms with Crippen molar-refractivity contribution in [2.75, 3.05) is 6.61 Å². The van der Waals surface area contributed by atoms with Crippen LogP contribution < -0.4 is 14.2 Å². The molecule has 0 fully saturated rings. The lowest BCUT2D eigenvalue weighted by atomic mass is 9.92. The average molecular weight is 792 g/mol. The van der Waals surface area contributed by atoms with Gasteiger partial charge in [-0.25, -0.2) is 14.4 Å². The van der Waals surface area contributed by atoms with Crippen LogP contribution >= 0.6 is 15.9 Å². The fourth-order valence-electron chi connectivity index (χ4n) is 6.45. The van der Waals surface area contributed by atoms with E-state index >= 15 is 0 Å². The first-order valence-electron chi connectivity index (χ1n) is 17.1. The number of hydrogen-bond acceptors (Lipinski definition) is 10. The predicted octanol–water partition coefficient (Wildman–Crippen LogP) is 8.47. The maximum Gasteiger partial charge on any atom is 0.344 e. The summed E-state index contributed by atoms with van der Waals surface area (Å²) in [6, 6.07) is 3.07. The molecule has 280 valence electrons. The summed E-state index contributed by atoms with van der Waals surface area (Å²) in [6.45, 7) is 17.5. The predicted molar refractivity (Wildman–Crippen MR) is 200 cm³/mol. The van der Waals surface area contributed by atoms with Gasteiger partial charge in [0.25, 0.3) is 0 Å². The number of benzene rings is 3. The molecule has 1 aliphatic rings. The van der Waals surface area contributed by atoms with Crippen LogP contribution in [0.4, 0.5) is 0 Å². The van der Waals surface area contributed by atoms with E-state index in [-0.39, 0.29) is 45.2 Å². The molecule has 0 bridgehead atoms. The van der Waals surface area contributed by atoms with Gasteiger partial charge >= 0.3 is 23.9 Å². The number of esters is 3. The number of rotatable bonds is 11. The molecule has 0 heterocycles. The van der Waals surface area contributed by atoms with Gasteiger partial charge in [-0.15, -0.1) is 0 Å². The van der Waals surface area contributed by atoms with Gasteiger partial charge in [0.1, 0.15) is 28.8 Å². The molecule has 0 spiro atoms. The molecule has 0 radical (unpaired) electrons. The van der Waals surface area contributed by atoms with Crippen molar-refractivity contribution in [3.8, 4) is 17.2 Å². The number of carboxylic acid groups (broad SMARTS) is 1. The van der Waals surface area contributed by atoms with Gasteiger partial charge in [-0.05, 0) is 146 Å². The van der Waals surface area contributed by atoms with Crippen LogP contribution in [-0.2, 0) is 20.7 Å². The molecule has 3 aromatic rings. The third-order valence-electron chi connectivity index (χ3n) is 9.67. The number of halogens is 1. The summed E-state index contributed by atoms with van der Waals surface area (Å²) in [6.07, 6.45) is 3.18. The lowest BCUT2D eigenvalue weighted by Gasteiger charge is -2.22. The summed E-state index contributed by atoms with van der Waals surface area (Å²) in [5.41, 5.74) is 5.39. The molecule has 0 saturated carbocycles. The highest BCUT2D eigenvalue weighted by atomic mass is 79.9. The number of carbonyl (C=O) groups excluding carboxylic acids is 4. The Kier molecular flexibility index (Phi) is 12.4. The Hall–Kier alpha value is -5.23. The van der Waals surface area contributed by atoms with Crippen LogP contribution in [0.5, 0.6) is 17.2 Å². The number of carboxylic acids is 1. The van der Waals surface area contributed by atoms with Crippen molar-refractivity contribution in [3.63, 3.8) is 0 Å². The van der Waals surface area contributed by atoms with Crippen LogP contribution in [-0.4, -0.2) is 46.5 Å². The Morgan fingerprint density at radius 2 is 1.34 bits per heavy atom. The Balaban J connectivity index is 1.63. The number of carbonyl (C=O) groups is 5. The minimum Gasteiger partial charge on any atom is -0.508 e. The van der Waals surface area contributed by atoms with Gasteiger partial charge in [0, 0.05) is 12.2 Å². The molecule has 2 N–H and O–H groups in total. The highest BCUT2D eigenvalue weighted by Gasteiger charge is 2.37. The molecule has 12 heteroatoms. The molecule has 3 aromatic carbocycles. The minimum absolute atomic E-state index is 0.0195. The van der Waals surface area contributed by atoms with Crippen LogP contribution in [0.15, 0.2) is 40.3 Å². The second-order valence-corrected chi connectivity index (χ2v) is 13.9. The van der Waals surface area contributed by atoms with Crippen molar-refractivity contribution in [2.24, 2.45) is 5.92 Å². The maximum atomic E-state index is 13.7. The molecular formula is C41H43BrO11. The summed E-state index contributed by atoms with van der Waals surface area (Å²) in [5.74, 6) is -5.06. The SMILES string of the molecule is CCCOC1=CC(O)=CC(=O)C1C(=O)Oc1c(Br)cc(C(=O)Oc2cc(C)c(C(=O)Oc3c(C)c(C)c(C(=O)O)c(C)c3C)c(C)c2CC)c(C)c1C. The minimum atomic E-state index is -1.41. The highest BCUT2D eigenvalue weighted by molar-refractivity contribution is 9.10. The standard InChI is InChI=1S/C41H43BrO11/c1-11-13-50-32-16-26(43)15-30(44)35(32)41(49)53-37-22(7)19(4)28(17-29(37)42)39(47)51-31-14-18(3)33(25(10)27(31)12-2)40(48)52-36-23(8)20(5)34(38(45)46)21(6)24(36)9/h14-17,35,43H,11-13H2,1-10H3,(H,45,46). The Morgan fingerprint density at radius 1 is 0.736 bits per heavy atom. The van der Waals surface area contributed by atoms with Gasteiger partial charge < -0.3 is 29.2 Å². The second-order valence-electron chi connectivity index (χ2n) is 13.0. The first-order valence-corrected chi connectivity index (χ1v) is 17.9. The van der Waals surface area contributed by atoms with Crippen molar-refractivity contribution in [3.05, 3.63) is 107 Å². The van der Waals surface area contributed by atoms with E-state index in [9.17, 15) is 34.2 Å². The van der Waals surface area contributed by atoms with Gasteiger partial charge in [0.2, 0.25) is 0 Å². The fraction of sp³-hybridized carbons (Fsp3) is 0.341. The number of allylic oxidation sites excluding steroid dienone is 2. The first kappa shape index (κ1) is 40.5. The van der Waals surface area contributed by atoms with Crippen molar-refractivity contribution >= 4 is 45.6 Å².